The van der Waals surface area contributed by atoms with Crippen molar-refractivity contribution in [3.63, 3.8) is 0 Å². The second kappa shape index (κ2) is 6.50. The van der Waals surface area contributed by atoms with Crippen molar-refractivity contribution in [2.45, 2.75) is 26.7 Å². The zero-order valence-electron chi connectivity index (χ0n) is 10.1. The minimum atomic E-state index is -0.771. The first-order valence-electron chi connectivity index (χ1n) is 5.67. The first-order chi connectivity index (χ1) is 8.06. The molecule has 94 valence electrons. The monoisotopic (exact) mass is 256 g/mol. The molecular formula is C13H17ClO3. The Morgan fingerprint density at radius 1 is 1.53 bits per heavy atom. The second-order valence-corrected chi connectivity index (χ2v) is 4.37. The van der Waals surface area contributed by atoms with E-state index in [1.807, 2.05) is 26.0 Å². The van der Waals surface area contributed by atoms with Crippen LogP contribution < -0.4 is 4.74 Å². The highest BCUT2D eigenvalue weighted by atomic mass is 35.5. The summed E-state index contributed by atoms with van der Waals surface area (Å²) in [6.07, 6.45) is 1.11. The molecule has 0 amide bonds. The average Bonchev–Trinajstić information content (AvgIpc) is 2.27. The highest BCUT2D eigenvalue weighted by molar-refractivity contribution is 6.32. The summed E-state index contributed by atoms with van der Waals surface area (Å²) in [6.45, 7) is 4.14. The third-order valence-electron chi connectivity index (χ3n) is 2.72. The van der Waals surface area contributed by atoms with Gasteiger partial charge in [0, 0.05) is 0 Å². The van der Waals surface area contributed by atoms with E-state index in [1.165, 1.54) is 0 Å². The predicted molar refractivity (Wildman–Crippen MR) is 67.7 cm³/mol. The van der Waals surface area contributed by atoms with Gasteiger partial charge in [-0.2, -0.15) is 0 Å². The molecule has 4 heteroatoms. The van der Waals surface area contributed by atoms with Crippen molar-refractivity contribution in [1.82, 2.24) is 0 Å². The van der Waals surface area contributed by atoms with Crippen LogP contribution in [0, 0.1) is 12.8 Å². The fraction of sp³-hybridized carbons (Fsp3) is 0.462. The molecule has 1 aromatic rings. The van der Waals surface area contributed by atoms with Crippen LogP contribution in [0.5, 0.6) is 5.75 Å². The number of para-hydroxylation sites is 1. The Balaban J connectivity index is 2.54. The molecule has 1 atom stereocenters. The zero-order valence-corrected chi connectivity index (χ0v) is 10.8. The van der Waals surface area contributed by atoms with Crippen LogP contribution in [0.1, 0.15) is 25.3 Å². The van der Waals surface area contributed by atoms with Gasteiger partial charge in [0.15, 0.2) is 0 Å². The van der Waals surface area contributed by atoms with E-state index in [4.69, 9.17) is 21.4 Å². The molecule has 3 nitrogen and oxygen atoms in total. The van der Waals surface area contributed by atoms with E-state index >= 15 is 0 Å². The van der Waals surface area contributed by atoms with Crippen molar-refractivity contribution in [3.05, 3.63) is 28.8 Å². The molecular weight excluding hydrogens is 240 g/mol. The van der Waals surface area contributed by atoms with Crippen LogP contribution in [0.3, 0.4) is 0 Å². The number of aliphatic carboxylic acids is 1. The van der Waals surface area contributed by atoms with Crippen LogP contribution in [0.25, 0.3) is 0 Å². The lowest BCUT2D eigenvalue weighted by molar-refractivity contribution is -0.142. The molecule has 1 unspecified atom stereocenters. The maximum atomic E-state index is 10.8. The smallest absolute Gasteiger partial charge is 0.306 e. The summed E-state index contributed by atoms with van der Waals surface area (Å²) in [4.78, 5) is 10.8. The van der Waals surface area contributed by atoms with Crippen molar-refractivity contribution in [2.24, 2.45) is 5.92 Å². The van der Waals surface area contributed by atoms with E-state index in [0.717, 1.165) is 5.56 Å². The summed E-state index contributed by atoms with van der Waals surface area (Å²) < 4.78 is 5.55. The van der Waals surface area contributed by atoms with Crippen LogP contribution in [0.15, 0.2) is 18.2 Å². The lowest BCUT2D eigenvalue weighted by Crippen LogP contribution is -2.16. The Hall–Kier alpha value is -1.22. The zero-order chi connectivity index (χ0) is 12.8. The molecule has 0 bridgehead atoms. The third-order valence-corrected chi connectivity index (χ3v) is 3.02. The molecule has 1 rings (SSSR count). The number of carbonyl (C=O) groups is 1. The maximum Gasteiger partial charge on any atom is 0.306 e. The molecule has 0 spiro atoms. The summed E-state index contributed by atoms with van der Waals surface area (Å²) in [7, 11) is 0. The summed E-state index contributed by atoms with van der Waals surface area (Å²) >= 11 is 6.00. The minimum Gasteiger partial charge on any atom is -0.492 e. The van der Waals surface area contributed by atoms with Gasteiger partial charge in [-0.15, -0.1) is 0 Å². The first-order valence-corrected chi connectivity index (χ1v) is 6.04. The Morgan fingerprint density at radius 3 is 2.76 bits per heavy atom. The van der Waals surface area contributed by atoms with Gasteiger partial charge in [-0.05, 0) is 31.4 Å². The quantitative estimate of drug-likeness (QED) is 0.847. The molecule has 0 heterocycles. The lowest BCUT2D eigenvalue weighted by atomic mass is 10.0. The Bertz CT molecular complexity index is 370. The van der Waals surface area contributed by atoms with Crippen molar-refractivity contribution < 1.29 is 14.6 Å². The van der Waals surface area contributed by atoms with Gasteiger partial charge in [0.05, 0.1) is 17.5 Å². The number of hydrogen-bond acceptors (Lipinski definition) is 2. The fourth-order valence-corrected chi connectivity index (χ4v) is 1.88. The van der Waals surface area contributed by atoms with Crippen LogP contribution in [-0.2, 0) is 4.79 Å². The Labute approximate surface area is 106 Å². The van der Waals surface area contributed by atoms with Gasteiger partial charge in [-0.3, -0.25) is 4.79 Å². The Kier molecular flexibility index (Phi) is 5.29. The molecule has 1 N–H and O–H groups in total. The largest absolute Gasteiger partial charge is 0.492 e. The minimum absolute atomic E-state index is 0.349. The number of rotatable bonds is 6. The molecule has 0 aromatic heterocycles. The molecule has 0 aliphatic carbocycles. The summed E-state index contributed by atoms with van der Waals surface area (Å²) in [5, 5.41) is 9.46. The number of aryl methyl sites for hydroxylation is 1. The van der Waals surface area contributed by atoms with Gasteiger partial charge in [0.2, 0.25) is 0 Å². The molecule has 17 heavy (non-hydrogen) atoms. The van der Waals surface area contributed by atoms with Crippen LogP contribution in [-0.4, -0.2) is 17.7 Å². The molecule has 0 radical (unpaired) electrons. The van der Waals surface area contributed by atoms with Crippen molar-refractivity contribution in [1.29, 1.82) is 0 Å². The van der Waals surface area contributed by atoms with E-state index < -0.39 is 5.97 Å². The topological polar surface area (TPSA) is 46.5 Å². The first kappa shape index (κ1) is 13.8. The van der Waals surface area contributed by atoms with Gasteiger partial charge in [-0.1, -0.05) is 30.7 Å². The number of ether oxygens (including phenoxy) is 1. The summed E-state index contributed by atoms with van der Waals surface area (Å²) in [5.41, 5.74) is 0.959. The van der Waals surface area contributed by atoms with Crippen LogP contribution >= 0.6 is 11.6 Å². The van der Waals surface area contributed by atoms with E-state index in [1.54, 1.807) is 6.07 Å². The van der Waals surface area contributed by atoms with Gasteiger partial charge < -0.3 is 9.84 Å². The average molecular weight is 257 g/mol. The third kappa shape index (κ3) is 3.93. The highest BCUT2D eigenvalue weighted by Gasteiger charge is 2.15. The highest BCUT2D eigenvalue weighted by Crippen LogP contribution is 2.28. The molecule has 0 saturated carbocycles. The summed E-state index contributed by atoms with van der Waals surface area (Å²) in [5.74, 6) is -0.473. The van der Waals surface area contributed by atoms with Gasteiger partial charge in [-0.25, -0.2) is 0 Å². The SMILES string of the molecule is CCC(CCOc1c(C)cccc1Cl)C(=O)O. The number of carboxylic acids is 1. The van der Waals surface area contributed by atoms with Gasteiger partial charge >= 0.3 is 5.97 Å². The molecule has 0 aliphatic rings. The van der Waals surface area contributed by atoms with E-state index in [9.17, 15) is 4.79 Å². The van der Waals surface area contributed by atoms with Crippen molar-refractivity contribution >= 4 is 17.6 Å². The van der Waals surface area contributed by atoms with E-state index in [0.29, 0.717) is 30.2 Å². The van der Waals surface area contributed by atoms with Gasteiger partial charge in [0.1, 0.15) is 5.75 Å². The molecule has 0 aliphatic heterocycles. The standard InChI is InChI=1S/C13H17ClO3/c1-3-10(13(15)16)7-8-17-12-9(2)5-4-6-11(12)14/h4-6,10H,3,7-8H2,1-2H3,(H,15,16). The van der Waals surface area contributed by atoms with E-state index in [-0.39, 0.29) is 5.92 Å². The second-order valence-electron chi connectivity index (χ2n) is 3.97. The molecule has 0 saturated heterocycles. The number of halogens is 1. The van der Waals surface area contributed by atoms with Crippen molar-refractivity contribution in [2.75, 3.05) is 6.61 Å². The van der Waals surface area contributed by atoms with Crippen LogP contribution in [0.4, 0.5) is 0 Å². The molecule has 1 aromatic carbocycles. The predicted octanol–water partition coefficient (Wildman–Crippen LogP) is 3.53. The van der Waals surface area contributed by atoms with Crippen molar-refractivity contribution in [3.8, 4) is 5.75 Å². The lowest BCUT2D eigenvalue weighted by Gasteiger charge is -2.13. The maximum absolute atomic E-state index is 10.8. The molecule has 0 fully saturated rings. The normalized spacial score (nSPS) is 12.2. The number of benzene rings is 1. The Morgan fingerprint density at radius 2 is 2.24 bits per heavy atom. The number of hydrogen-bond donors (Lipinski definition) is 1. The summed E-state index contributed by atoms with van der Waals surface area (Å²) in [6, 6.07) is 5.53. The fourth-order valence-electron chi connectivity index (χ4n) is 1.60. The van der Waals surface area contributed by atoms with Crippen LogP contribution in [0.2, 0.25) is 5.02 Å². The number of carboxylic acid groups (broad SMARTS) is 1. The van der Waals surface area contributed by atoms with E-state index in [2.05, 4.69) is 0 Å². The van der Waals surface area contributed by atoms with Gasteiger partial charge in [0.25, 0.3) is 0 Å².